The van der Waals surface area contributed by atoms with Gasteiger partial charge in [0.15, 0.2) is 0 Å². The molecule has 0 radical (unpaired) electrons. The van der Waals surface area contributed by atoms with Crippen molar-refractivity contribution in [1.82, 2.24) is 9.80 Å². The van der Waals surface area contributed by atoms with Gasteiger partial charge in [-0.3, -0.25) is 4.90 Å². The lowest BCUT2D eigenvalue weighted by molar-refractivity contribution is 0.104. The van der Waals surface area contributed by atoms with Crippen LogP contribution in [-0.2, 0) is 18.4 Å². The molecule has 0 aliphatic carbocycles. The first kappa shape index (κ1) is 15.8. The molecular formula is C17H26N2O2. The average Bonchev–Trinajstić information content (AvgIpc) is 2.35. The number of rotatable bonds is 2. The van der Waals surface area contributed by atoms with E-state index in [9.17, 15) is 9.90 Å². The van der Waals surface area contributed by atoms with E-state index >= 15 is 0 Å². The van der Waals surface area contributed by atoms with E-state index in [1.807, 2.05) is 20.2 Å². The largest absolute Gasteiger partial charge is 0.465 e. The Kier molecular flexibility index (Phi) is 4.28. The van der Waals surface area contributed by atoms with Gasteiger partial charge in [0.2, 0.25) is 0 Å². The molecule has 1 aliphatic heterocycles. The summed E-state index contributed by atoms with van der Waals surface area (Å²) in [5.74, 6) is 0. The molecule has 2 rings (SSSR count). The first-order valence-corrected chi connectivity index (χ1v) is 7.45. The molecule has 1 aromatic rings. The normalized spacial score (nSPS) is 18.8. The number of hydrogen-bond acceptors (Lipinski definition) is 2. The minimum Gasteiger partial charge on any atom is -0.465 e. The van der Waals surface area contributed by atoms with Crippen LogP contribution in [0.3, 0.4) is 0 Å². The van der Waals surface area contributed by atoms with E-state index in [1.54, 1.807) is 4.90 Å². The summed E-state index contributed by atoms with van der Waals surface area (Å²) in [5.41, 5.74) is 3.92. The Morgan fingerprint density at radius 2 is 2.05 bits per heavy atom. The molecule has 1 heterocycles. The Bertz CT molecular complexity index is 532. The number of benzene rings is 1. The van der Waals surface area contributed by atoms with Crippen molar-refractivity contribution in [3.63, 3.8) is 0 Å². The zero-order valence-corrected chi connectivity index (χ0v) is 13.7. The van der Waals surface area contributed by atoms with Gasteiger partial charge in [0.05, 0.1) is 6.04 Å². The van der Waals surface area contributed by atoms with Crippen LogP contribution >= 0.6 is 0 Å². The maximum atomic E-state index is 11.5. The predicted molar refractivity (Wildman–Crippen MR) is 84.8 cm³/mol. The van der Waals surface area contributed by atoms with Gasteiger partial charge in [0.25, 0.3) is 0 Å². The minimum absolute atomic E-state index is 0.0218. The molecular weight excluding hydrogens is 264 g/mol. The fourth-order valence-corrected chi connectivity index (χ4v) is 3.19. The van der Waals surface area contributed by atoms with Crippen LogP contribution in [0.4, 0.5) is 4.79 Å². The molecule has 0 saturated heterocycles. The standard InChI is InChI=1S/C17H26N2O2/c1-17(2,3)15-8-6-7-12-10-19(16(20)21)13(9-14(12)15)11-18(4)5/h6-8,13H,9-11H2,1-5H3,(H,20,21). The van der Waals surface area contributed by atoms with E-state index in [0.29, 0.717) is 6.54 Å². The summed E-state index contributed by atoms with van der Waals surface area (Å²) in [6.07, 6.45) is -0.0264. The molecule has 116 valence electrons. The molecule has 1 amide bonds. The zero-order chi connectivity index (χ0) is 15.8. The zero-order valence-electron chi connectivity index (χ0n) is 13.7. The molecule has 0 fully saturated rings. The summed E-state index contributed by atoms with van der Waals surface area (Å²) in [6, 6.07) is 6.31. The predicted octanol–water partition coefficient (Wildman–Crippen LogP) is 2.95. The fraction of sp³-hybridized carbons (Fsp3) is 0.588. The summed E-state index contributed by atoms with van der Waals surface area (Å²) in [7, 11) is 3.98. The number of amides is 1. The molecule has 0 spiro atoms. The van der Waals surface area contributed by atoms with Crippen molar-refractivity contribution in [1.29, 1.82) is 0 Å². The van der Waals surface area contributed by atoms with Gasteiger partial charge in [-0.25, -0.2) is 4.79 Å². The van der Waals surface area contributed by atoms with Gasteiger partial charge in [-0.05, 0) is 42.6 Å². The molecule has 1 aromatic carbocycles. The molecule has 0 bridgehead atoms. The molecule has 21 heavy (non-hydrogen) atoms. The molecule has 1 unspecified atom stereocenters. The highest BCUT2D eigenvalue weighted by molar-refractivity contribution is 5.66. The highest BCUT2D eigenvalue weighted by Gasteiger charge is 2.32. The van der Waals surface area contributed by atoms with E-state index in [-0.39, 0.29) is 11.5 Å². The Morgan fingerprint density at radius 1 is 1.38 bits per heavy atom. The smallest absolute Gasteiger partial charge is 0.407 e. The minimum atomic E-state index is -0.825. The quantitative estimate of drug-likeness (QED) is 0.910. The first-order chi connectivity index (χ1) is 9.70. The van der Waals surface area contributed by atoms with Gasteiger partial charge in [0, 0.05) is 13.1 Å². The average molecular weight is 290 g/mol. The summed E-state index contributed by atoms with van der Waals surface area (Å²) in [4.78, 5) is 15.2. The van der Waals surface area contributed by atoms with Gasteiger partial charge in [0.1, 0.15) is 0 Å². The topological polar surface area (TPSA) is 43.8 Å². The van der Waals surface area contributed by atoms with Gasteiger partial charge in [-0.15, -0.1) is 0 Å². The molecule has 0 aromatic heterocycles. The lowest BCUT2D eigenvalue weighted by Crippen LogP contribution is -2.48. The van der Waals surface area contributed by atoms with Crippen molar-refractivity contribution in [3.8, 4) is 0 Å². The van der Waals surface area contributed by atoms with Gasteiger partial charge in [-0.1, -0.05) is 39.0 Å². The van der Waals surface area contributed by atoms with E-state index < -0.39 is 6.09 Å². The van der Waals surface area contributed by atoms with Crippen molar-refractivity contribution < 1.29 is 9.90 Å². The third-order valence-electron chi connectivity index (χ3n) is 4.12. The van der Waals surface area contributed by atoms with Crippen molar-refractivity contribution in [3.05, 3.63) is 34.9 Å². The number of nitrogens with zero attached hydrogens (tertiary/aromatic N) is 2. The fourth-order valence-electron chi connectivity index (χ4n) is 3.19. The van der Waals surface area contributed by atoms with Gasteiger partial charge < -0.3 is 10.0 Å². The molecule has 1 aliphatic rings. The molecule has 1 atom stereocenters. The van der Waals surface area contributed by atoms with Crippen LogP contribution in [0.2, 0.25) is 0 Å². The lowest BCUT2D eigenvalue weighted by Gasteiger charge is -2.38. The van der Waals surface area contributed by atoms with Crippen molar-refractivity contribution in [2.24, 2.45) is 0 Å². The maximum absolute atomic E-state index is 11.5. The van der Waals surface area contributed by atoms with Crippen LogP contribution in [-0.4, -0.2) is 47.7 Å². The number of carboxylic acid groups (broad SMARTS) is 1. The second-order valence-corrected chi connectivity index (χ2v) is 7.22. The number of carbonyl (C=O) groups is 1. The van der Waals surface area contributed by atoms with Crippen LogP contribution in [0.5, 0.6) is 0 Å². The van der Waals surface area contributed by atoms with E-state index in [0.717, 1.165) is 18.5 Å². The highest BCUT2D eigenvalue weighted by Crippen LogP contribution is 2.33. The SMILES string of the molecule is CN(C)CC1Cc2c(cccc2C(C)(C)C)CN1C(=O)O. The van der Waals surface area contributed by atoms with Crippen LogP contribution < -0.4 is 0 Å². The van der Waals surface area contributed by atoms with E-state index in [4.69, 9.17) is 0 Å². The Morgan fingerprint density at radius 3 is 2.57 bits per heavy atom. The molecule has 4 heteroatoms. The monoisotopic (exact) mass is 290 g/mol. The summed E-state index contributed by atoms with van der Waals surface area (Å²) >= 11 is 0. The summed E-state index contributed by atoms with van der Waals surface area (Å²) < 4.78 is 0. The number of likely N-dealkylation sites (N-methyl/N-ethyl adjacent to an activating group) is 1. The molecule has 1 N–H and O–H groups in total. The van der Waals surface area contributed by atoms with Crippen LogP contribution in [0.15, 0.2) is 18.2 Å². The number of fused-ring (bicyclic) bond motifs is 1. The third kappa shape index (κ3) is 3.38. The maximum Gasteiger partial charge on any atom is 0.407 e. The summed E-state index contributed by atoms with van der Waals surface area (Å²) in [5, 5.41) is 9.48. The molecule has 0 saturated carbocycles. The van der Waals surface area contributed by atoms with Crippen molar-refractivity contribution in [2.75, 3.05) is 20.6 Å². The van der Waals surface area contributed by atoms with Crippen LogP contribution in [0, 0.1) is 0 Å². The Labute approximate surface area is 127 Å². The van der Waals surface area contributed by atoms with Crippen molar-refractivity contribution in [2.45, 2.75) is 45.2 Å². The van der Waals surface area contributed by atoms with Crippen LogP contribution in [0.25, 0.3) is 0 Å². The third-order valence-corrected chi connectivity index (χ3v) is 4.12. The highest BCUT2D eigenvalue weighted by atomic mass is 16.4. The second-order valence-electron chi connectivity index (χ2n) is 7.22. The lowest BCUT2D eigenvalue weighted by atomic mass is 9.79. The molecule has 4 nitrogen and oxygen atoms in total. The first-order valence-electron chi connectivity index (χ1n) is 7.45. The number of hydrogen-bond donors (Lipinski definition) is 1. The van der Waals surface area contributed by atoms with E-state index in [2.05, 4.69) is 37.8 Å². The second kappa shape index (κ2) is 5.68. The Balaban J connectivity index is 2.42. The Hall–Kier alpha value is -1.55. The van der Waals surface area contributed by atoms with Gasteiger partial charge in [-0.2, -0.15) is 0 Å². The summed E-state index contributed by atoms with van der Waals surface area (Å²) in [6.45, 7) is 7.89. The van der Waals surface area contributed by atoms with Crippen LogP contribution in [0.1, 0.15) is 37.5 Å². The van der Waals surface area contributed by atoms with Crippen molar-refractivity contribution >= 4 is 6.09 Å². The van der Waals surface area contributed by atoms with E-state index in [1.165, 1.54) is 11.1 Å². The van der Waals surface area contributed by atoms with Gasteiger partial charge >= 0.3 is 6.09 Å².